The second kappa shape index (κ2) is 3.19. The topological polar surface area (TPSA) is 58.6 Å². The van der Waals surface area contributed by atoms with Crippen molar-refractivity contribution in [2.24, 2.45) is 0 Å². The van der Waals surface area contributed by atoms with Gasteiger partial charge in [0.25, 0.3) is 0 Å². The van der Waals surface area contributed by atoms with Gasteiger partial charge in [-0.05, 0) is 6.92 Å². The Labute approximate surface area is 65.5 Å². The molecule has 0 unspecified atom stereocenters. The van der Waals surface area contributed by atoms with E-state index in [0.717, 1.165) is 13.1 Å². The summed E-state index contributed by atoms with van der Waals surface area (Å²) in [6, 6.07) is 0. The number of carboxylic acids is 1. The van der Waals surface area contributed by atoms with Crippen LogP contribution in [0.15, 0.2) is 0 Å². The van der Waals surface area contributed by atoms with Crippen molar-refractivity contribution in [1.82, 2.24) is 5.32 Å². The minimum absolute atomic E-state index is 0.0928. The third kappa shape index (κ3) is 2.48. The summed E-state index contributed by atoms with van der Waals surface area (Å²) >= 11 is 0. The number of aliphatic carboxylic acids is 1. The van der Waals surface area contributed by atoms with Crippen LogP contribution in [0, 0.1) is 0 Å². The Morgan fingerprint density at radius 3 is 2.73 bits per heavy atom. The van der Waals surface area contributed by atoms with Crippen molar-refractivity contribution < 1.29 is 14.6 Å². The fourth-order valence-electron chi connectivity index (χ4n) is 0.964. The zero-order valence-electron chi connectivity index (χ0n) is 6.59. The molecule has 2 N–H and O–H groups in total. The van der Waals surface area contributed by atoms with Gasteiger partial charge in [0.2, 0.25) is 0 Å². The fourth-order valence-corrected chi connectivity index (χ4v) is 0.964. The Morgan fingerprint density at radius 2 is 2.36 bits per heavy atom. The van der Waals surface area contributed by atoms with Crippen LogP contribution in [-0.2, 0) is 9.53 Å². The lowest BCUT2D eigenvalue weighted by Crippen LogP contribution is -2.59. The van der Waals surface area contributed by atoms with Gasteiger partial charge in [-0.1, -0.05) is 0 Å². The minimum atomic E-state index is -0.805. The van der Waals surface area contributed by atoms with Crippen LogP contribution in [0.5, 0.6) is 0 Å². The van der Waals surface area contributed by atoms with Crippen LogP contribution in [0.1, 0.15) is 13.3 Å². The predicted octanol–water partition coefficient (Wildman–Crippen LogP) is -0.160. The van der Waals surface area contributed by atoms with Gasteiger partial charge < -0.3 is 15.2 Å². The quantitative estimate of drug-likeness (QED) is 0.598. The molecule has 1 aliphatic rings. The van der Waals surface area contributed by atoms with E-state index in [4.69, 9.17) is 9.84 Å². The smallest absolute Gasteiger partial charge is 0.305 e. The molecule has 4 heteroatoms. The van der Waals surface area contributed by atoms with Crippen LogP contribution >= 0.6 is 0 Å². The first-order valence-corrected chi connectivity index (χ1v) is 3.69. The van der Waals surface area contributed by atoms with Gasteiger partial charge in [0.15, 0.2) is 0 Å². The van der Waals surface area contributed by atoms with Crippen molar-refractivity contribution in [3.8, 4) is 0 Å². The van der Waals surface area contributed by atoms with Crippen molar-refractivity contribution in [2.45, 2.75) is 18.9 Å². The predicted molar refractivity (Wildman–Crippen MR) is 39.5 cm³/mol. The Bertz CT molecular complexity index is 154. The van der Waals surface area contributed by atoms with Crippen LogP contribution in [0.3, 0.4) is 0 Å². The summed E-state index contributed by atoms with van der Waals surface area (Å²) in [4.78, 5) is 10.1. The van der Waals surface area contributed by atoms with Crippen molar-refractivity contribution in [1.29, 1.82) is 0 Å². The molecule has 1 rings (SSSR count). The first kappa shape index (κ1) is 8.49. The van der Waals surface area contributed by atoms with Crippen molar-refractivity contribution in [3.05, 3.63) is 0 Å². The Morgan fingerprint density at radius 1 is 1.73 bits per heavy atom. The Hall–Kier alpha value is -0.610. The molecule has 0 bridgehead atoms. The lowest BCUT2D eigenvalue weighted by molar-refractivity contribution is -0.140. The summed E-state index contributed by atoms with van der Waals surface area (Å²) in [5, 5.41) is 11.4. The standard InChI is InChI=1S/C7H13NO3/c1-7(4-8-5-7)11-3-2-6(9)10/h8H,2-5H2,1H3,(H,9,10). The molecule has 0 aromatic rings. The summed E-state index contributed by atoms with van der Waals surface area (Å²) in [5.41, 5.74) is -0.116. The highest BCUT2D eigenvalue weighted by Gasteiger charge is 2.32. The van der Waals surface area contributed by atoms with Crippen LogP contribution in [0.2, 0.25) is 0 Å². The zero-order chi connectivity index (χ0) is 8.32. The number of carboxylic acid groups (broad SMARTS) is 1. The van der Waals surface area contributed by atoms with Gasteiger partial charge in [0.05, 0.1) is 18.6 Å². The van der Waals surface area contributed by atoms with E-state index in [1.807, 2.05) is 6.92 Å². The van der Waals surface area contributed by atoms with E-state index in [0.29, 0.717) is 6.61 Å². The molecule has 0 spiro atoms. The molecular formula is C7H13NO3. The van der Waals surface area contributed by atoms with Crippen LogP contribution in [-0.4, -0.2) is 36.4 Å². The molecule has 1 aliphatic heterocycles. The molecule has 4 nitrogen and oxygen atoms in total. The highest BCUT2D eigenvalue weighted by atomic mass is 16.5. The third-order valence-electron chi connectivity index (χ3n) is 1.76. The largest absolute Gasteiger partial charge is 0.481 e. The SMILES string of the molecule is CC1(OCCC(=O)O)CNC1. The summed E-state index contributed by atoms with van der Waals surface area (Å²) in [7, 11) is 0. The maximum Gasteiger partial charge on any atom is 0.305 e. The van der Waals surface area contributed by atoms with Crippen LogP contribution < -0.4 is 5.32 Å². The van der Waals surface area contributed by atoms with E-state index in [1.165, 1.54) is 0 Å². The van der Waals surface area contributed by atoms with Gasteiger partial charge in [-0.3, -0.25) is 4.79 Å². The highest BCUT2D eigenvalue weighted by Crippen LogP contribution is 2.14. The molecule has 0 aliphatic carbocycles. The average molecular weight is 159 g/mol. The molecule has 0 atom stereocenters. The van der Waals surface area contributed by atoms with Gasteiger partial charge >= 0.3 is 5.97 Å². The molecule has 0 aromatic heterocycles. The summed E-state index contributed by atoms with van der Waals surface area (Å²) < 4.78 is 5.33. The summed E-state index contributed by atoms with van der Waals surface area (Å²) in [5.74, 6) is -0.805. The van der Waals surface area contributed by atoms with Gasteiger partial charge in [0.1, 0.15) is 0 Å². The molecular weight excluding hydrogens is 146 g/mol. The molecule has 1 heterocycles. The maximum absolute atomic E-state index is 10.1. The van der Waals surface area contributed by atoms with E-state index in [9.17, 15) is 4.79 Å². The number of ether oxygens (including phenoxy) is 1. The van der Waals surface area contributed by atoms with E-state index in [2.05, 4.69) is 5.32 Å². The second-order valence-corrected chi connectivity index (χ2v) is 3.05. The molecule has 64 valence electrons. The normalized spacial score (nSPS) is 20.8. The van der Waals surface area contributed by atoms with E-state index in [1.54, 1.807) is 0 Å². The highest BCUT2D eigenvalue weighted by molar-refractivity contribution is 5.66. The Kier molecular flexibility index (Phi) is 2.46. The van der Waals surface area contributed by atoms with Crippen molar-refractivity contribution in [2.75, 3.05) is 19.7 Å². The van der Waals surface area contributed by atoms with Gasteiger partial charge in [-0.15, -0.1) is 0 Å². The van der Waals surface area contributed by atoms with Crippen LogP contribution in [0.4, 0.5) is 0 Å². The van der Waals surface area contributed by atoms with E-state index >= 15 is 0 Å². The number of rotatable bonds is 4. The monoisotopic (exact) mass is 159 g/mol. The zero-order valence-corrected chi connectivity index (χ0v) is 6.59. The minimum Gasteiger partial charge on any atom is -0.481 e. The fraction of sp³-hybridized carbons (Fsp3) is 0.857. The lowest BCUT2D eigenvalue weighted by atomic mass is 10.0. The molecule has 11 heavy (non-hydrogen) atoms. The number of hydrogen-bond acceptors (Lipinski definition) is 3. The molecule has 1 saturated heterocycles. The first-order chi connectivity index (χ1) is 5.12. The number of carbonyl (C=O) groups is 1. The summed E-state index contributed by atoms with van der Waals surface area (Å²) in [6.45, 7) is 3.94. The second-order valence-electron chi connectivity index (χ2n) is 3.05. The third-order valence-corrected chi connectivity index (χ3v) is 1.76. The Balaban J connectivity index is 2.07. The van der Waals surface area contributed by atoms with Crippen molar-refractivity contribution in [3.63, 3.8) is 0 Å². The first-order valence-electron chi connectivity index (χ1n) is 3.69. The lowest BCUT2D eigenvalue weighted by Gasteiger charge is -2.38. The summed E-state index contributed by atoms with van der Waals surface area (Å²) in [6.07, 6.45) is 0.0928. The van der Waals surface area contributed by atoms with Crippen LogP contribution in [0.25, 0.3) is 0 Å². The molecule has 0 amide bonds. The maximum atomic E-state index is 10.1. The van der Waals surface area contributed by atoms with E-state index < -0.39 is 5.97 Å². The number of hydrogen-bond donors (Lipinski definition) is 2. The van der Waals surface area contributed by atoms with Gasteiger partial charge in [-0.2, -0.15) is 0 Å². The molecule has 0 saturated carbocycles. The van der Waals surface area contributed by atoms with Gasteiger partial charge in [-0.25, -0.2) is 0 Å². The van der Waals surface area contributed by atoms with Crippen molar-refractivity contribution >= 4 is 5.97 Å². The van der Waals surface area contributed by atoms with Gasteiger partial charge in [0, 0.05) is 13.1 Å². The molecule has 0 radical (unpaired) electrons. The number of nitrogens with one attached hydrogen (secondary N) is 1. The van der Waals surface area contributed by atoms with E-state index in [-0.39, 0.29) is 12.0 Å². The molecule has 1 fully saturated rings. The molecule has 0 aromatic carbocycles. The average Bonchev–Trinajstić information content (AvgIpc) is 1.83.